The number of carbonyl (C=O) groups is 1. The zero-order valence-electron chi connectivity index (χ0n) is 13.4. The van der Waals surface area contributed by atoms with Gasteiger partial charge < -0.3 is 5.11 Å². The van der Waals surface area contributed by atoms with Crippen LogP contribution in [-0.2, 0) is 0 Å². The quantitative estimate of drug-likeness (QED) is 0.818. The summed E-state index contributed by atoms with van der Waals surface area (Å²) in [4.78, 5) is 15.2. The van der Waals surface area contributed by atoms with Crippen molar-refractivity contribution >= 4 is 5.78 Å². The highest BCUT2D eigenvalue weighted by molar-refractivity contribution is 6.01. The standard InChI is InChI=1S/C18H27NO2/c1-13-8-9-14(2)17(12-13)18(21)15(3)19-10-4-6-16(19)7-5-11-20/h8-9,12,15-16,20H,4-7,10-11H2,1-3H3. The zero-order valence-corrected chi connectivity index (χ0v) is 13.4. The van der Waals surface area contributed by atoms with Crippen molar-refractivity contribution in [3.05, 3.63) is 34.9 Å². The first-order valence-electron chi connectivity index (χ1n) is 8.02. The van der Waals surface area contributed by atoms with Gasteiger partial charge in [-0.25, -0.2) is 0 Å². The van der Waals surface area contributed by atoms with E-state index in [9.17, 15) is 4.79 Å². The van der Waals surface area contributed by atoms with Crippen LogP contribution in [0.5, 0.6) is 0 Å². The third-order valence-electron chi connectivity index (χ3n) is 4.65. The lowest BCUT2D eigenvalue weighted by Gasteiger charge is -2.30. The topological polar surface area (TPSA) is 40.5 Å². The van der Waals surface area contributed by atoms with Crippen LogP contribution in [0.1, 0.15) is 54.1 Å². The normalized spacial score (nSPS) is 20.7. The molecule has 1 aromatic rings. The van der Waals surface area contributed by atoms with Crippen molar-refractivity contribution in [3.63, 3.8) is 0 Å². The smallest absolute Gasteiger partial charge is 0.179 e. The molecule has 0 amide bonds. The predicted octanol–water partition coefficient (Wildman–Crippen LogP) is 3.11. The Hall–Kier alpha value is -1.19. The maximum Gasteiger partial charge on any atom is 0.179 e. The fraction of sp³-hybridized carbons (Fsp3) is 0.611. The van der Waals surface area contributed by atoms with Gasteiger partial charge in [-0.1, -0.05) is 17.7 Å². The fourth-order valence-corrected chi connectivity index (χ4v) is 3.38. The van der Waals surface area contributed by atoms with Crippen LogP contribution in [0.15, 0.2) is 18.2 Å². The molecule has 1 saturated heterocycles. The van der Waals surface area contributed by atoms with E-state index in [2.05, 4.69) is 11.0 Å². The number of nitrogens with zero attached hydrogens (tertiary/aromatic N) is 1. The van der Waals surface area contributed by atoms with Crippen LogP contribution in [0, 0.1) is 13.8 Å². The molecule has 0 spiro atoms. The summed E-state index contributed by atoms with van der Waals surface area (Å²) in [5.41, 5.74) is 3.05. The molecule has 2 rings (SSSR count). The Kier molecular flexibility index (Phi) is 5.54. The van der Waals surface area contributed by atoms with Crippen molar-refractivity contribution in [2.45, 2.75) is 58.5 Å². The van der Waals surface area contributed by atoms with Crippen LogP contribution in [0.4, 0.5) is 0 Å². The Balaban J connectivity index is 2.12. The summed E-state index contributed by atoms with van der Waals surface area (Å²) < 4.78 is 0. The summed E-state index contributed by atoms with van der Waals surface area (Å²) in [7, 11) is 0. The lowest BCUT2D eigenvalue weighted by atomic mass is 9.97. The van der Waals surface area contributed by atoms with Gasteiger partial charge in [0, 0.05) is 18.2 Å². The minimum absolute atomic E-state index is 0.0725. The first kappa shape index (κ1) is 16.2. The van der Waals surface area contributed by atoms with Crippen molar-refractivity contribution in [1.29, 1.82) is 0 Å². The van der Waals surface area contributed by atoms with E-state index in [4.69, 9.17) is 5.11 Å². The molecule has 1 aromatic carbocycles. The van der Waals surface area contributed by atoms with Crippen LogP contribution in [-0.4, -0.2) is 41.0 Å². The molecule has 0 radical (unpaired) electrons. The molecule has 0 aromatic heterocycles. The molecule has 1 heterocycles. The predicted molar refractivity (Wildman–Crippen MR) is 85.8 cm³/mol. The molecule has 3 nitrogen and oxygen atoms in total. The van der Waals surface area contributed by atoms with Crippen molar-refractivity contribution in [3.8, 4) is 0 Å². The number of ketones is 1. The summed E-state index contributed by atoms with van der Waals surface area (Å²) in [6.45, 7) is 7.30. The second kappa shape index (κ2) is 7.19. The molecule has 0 bridgehead atoms. The number of hydrogen-bond donors (Lipinski definition) is 1. The lowest BCUT2D eigenvalue weighted by Crippen LogP contribution is -2.42. The van der Waals surface area contributed by atoms with Gasteiger partial charge in [-0.15, -0.1) is 0 Å². The Labute approximate surface area is 128 Å². The van der Waals surface area contributed by atoms with Crippen LogP contribution in [0.25, 0.3) is 0 Å². The number of likely N-dealkylation sites (tertiary alicyclic amines) is 1. The van der Waals surface area contributed by atoms with Crippen molar-refractivity contribution in [2.75, 3.05) is 13.2 Å². The average Bonchev–Trinajstić information content (AvgIpc) is 2.94. The third kappa shape index (κ3) is 3.72. The molecule has 1 aliphatic heterocycles. The van der Waals surface area contributed by atoms with Gasteiger partial charge in [0.2, 0.25) is 0 Å². The van der Waals surface area contributed by atoms with Crippen LogP contribution >= 0.6 is 0 Å². The largest absolute Gasteiger partial charge is 0.396 e. The highest BCUT2D eigenvalue weighted by Gasteiger charge is 2.32. The second-order valence-electron chi connectivity index (χ2n) is 6.26. The van der Waals surface area contributed by atoms with Crippen molar-refractivity contribution in [1.82, 2.24) is 4.90 Å². The summed E-state index contributed by atoms with van der Waals surface area (Å²) >= 11 is 0. The number of rotatable bonds is 6. The van der Waals surface area contributed by atoms with Crippen molar-refractivity contribution in [2.24, 2.45) is 0 Å². The number of aliphatic hydroxyl groups excluding tert-OH is 1. The van der Waals surface area contributed by atoms with E-state index in [-0.39, 0.29) is 18.4 Å². The molecule has 1 N–H and O–H groups in total. The molecule has 1 fully saturated rings. The SMILES string of the molecule is Cc1ccc(C)c(C(=O)C(C)N2CCCC2CCCO)c1. The van der Waals surface area contributed by atoms with Gasteiger partial charge in [-0.2, -0.15) is 0 Å². The molecule has 2 atom stereocenters. The van der Waals surface area contributed by atoms with E-state index in [0.717, 1.165) is 48.9 Å². The monoisotopic (exact) mass is 289 g/mol. The number of carbonyl (C=O) groups excluding carboxylic acids is 1. The minimum Gasteiger partial charge on any atom is -0.396 e. The Morgan fingerprint density at radius 3 is 2.90 bits per heavy atom. The molecule has 116 valence electrons. The van der Waals surface area contributed by atoms with Crippen LogP contribution in [0.3, 0.4) is 0 Å². The average molecular weight is 289 g/mol. The maximum atomic E-state index is 12.8. The third-order valence-corrected chi connectivity index (χ3v) is 4.65. The van der Waals surface area contributed by atoms with Gasteiger partial charge in [0.15, 0.2) is 5.78 Å². The highest BCUT2D eigenvalue weighted by Crippen LogP contribution is 2.26. The molecule has 3 heteroatoms. The van der Waals surface area contributed by atoms with E-state index < -0.39 is 0 Å². The molecule has 0 saturated carbocycles. The number of benzene rings is 1. The summed E-state index contributed by atoms with van der Waals surface area (Å²) in [5, 5.41) is 9.02. The van der Waals surface area contributed by atoms with E-state index >= 15 is 0 Å². The number of aryl methyl sites for hydroxylation is 2. The summed E-state index contributed by atoms with van der Waals surface area (Å²) in [6, 6.07) is 6.46. The molecule has 1 aliphatic rings. The molecule has 0 aliphatic carbocycles. The van der Waals surface area contributed by atoms with Crippen LogP contribution < -0.4 is 0 Å². The first-order chi connectivity index (χ1) is 10.0. The van der Waals surface area contributed by atoms with Gasteiger partial charge >= 0.3 is 0 Å². The number of aliphatic hydroxyl groups is 1. The fourth-order valence-electron chi connectivity index (χ4n) is 3.38. The summed E-state index contributed by atoms with van der Waals surface area (Å²) in [5.74, 6) is 0.229. The van der Waals surface area contributed by atoms with Gasteiger partial charge in [-0.05, 0) is 64.6 Å². The Bertz CT molecular complexity index is 498. The lowest BCUT2D eigenvalue weighted by molar-refractivity contribution is 0.0808. The second-order valence-corrected chi connectivity index (χ2v) is 6.26. The summed E-state index contributed by atoms with van der Waals surface area (Å²) in [6.07, 6.45) is 4.11. The van der Waals surface area contributed by atoms with Gasteiger partial charge in [-0.3, -0.25) is 9.69 Å². The molecule has 2 unspecified atom stereocenters. The van der Waals surface area contributed by atoms with Crippen LogP contribution in [0.2, 0.25) is 0 Å². The number of hydrogen-bond acceptors (Lipinski definition) is 3. The molecule has 21 heavy (non-hydrogen) atoms. The minimum atomic E-state index is -0.0725. The molecular weight excluding hydrogens is 262 g/mol. The van der Waals surface area contributed by atoms with Gasteiger partial charge in [0.25, 0.3) is 0 Å². The zero-order chi connectivity index (χ0) is 15.4. The van der Waals surface area contributed by atoms with Gasteiger partial charge in [0.05, 0.1) is 6.04 Å². The van der Waals surface area contributed by atoms with E-state index in [0.29, 0.717) is 6.04 Å². The first-order valence-corrected chi connectivity index (χ1v) is 8.02. The van der Waals surface area contributed by atoms with Crippen molar-refractivity contribution < 1.29 is 9.90 Å². The van der Waals surface area contributed by atoms with E-state index in [1.807, 2.05) is 32.9 Å². The Morgan fingerprint density at radius 1 is 1.43 bits per heavy atom. The maximum absolute atomic E-state index is 12.8. The molecular formula is C18H27NO2. The van der Waals surface area contributed by atoms with E-state index in [1.54, 1.807) is 0 Å². The number of Topliss-reactive ketones (excluding diaryl/α,β-unsaturated/α-hetero) is 1. The van der Waals surface area contributed by atoms with Gasteiger partial charge in [0.1, 0.15) is 0 Å². The van der Waals surface area contributed by atoms with E-state index in [1.165, 1.54) is 0 Å². The highest BCUT2D eigenvalue weighted by atomic mass is 16.2. The Morgan fingerprint density at radius 2 is 2.19 bits per heavy atom.